The molecule has 0 aromatic rings. The minimum Gasteiger partial charge on any atom is -0.381 e. The molecule has 1 aliphatic rings. The molecule has 0 amide bonds. The molecule has 1 atom stereocenters. The fourth-order valence-corrected chi connectivity index (χ4v) is 3.71. The summed E-state index contributed by atoms with van der Waals surface area (Å²) in [6.07, 6.45) is 6.15. The van der Waals surface area contributed by atoms with E-state index in [4.69, 9.17) is 23.7 Å². The van der Waals surface area contributed by atoms with E-state index in [9.17, 15) is 4.21 Å². The standard InChI is InChI=1S/C9H20O2S.C9H18O2.C8H19NO.C7H16O/c1-9(2,3)11-7-6-8-12(4,5)10;1-9(2,3)11-8-4-6-10-7-5-8;1-8(2,3)10-7-6-9(4)5;1-5-6-8-7(2,3)4/h4,6-8H2,1-3,5H3;8H,4-7H2,1-3H3;6-7H2,1-5H3;5-6H2,1-4H3. The molecule has 7 nitrogen and oxygen atoms in total. The van der Waals surface area contributed by atoms with E-state index in [0.29, 0.717) is 18.5 Å². The van der Waals surface area contributed by atoms with Gasteiger partial charge in [0.25, 0.3) is 0 Å². The molecule has 0 aromatic carbocycles. The maximum atomic E-state index is 11.1. The van der Waals surface area contributed by atoms with Crippen molar-refractivity contribution in [2.45, 2.75) is 144 Å². The molecule has 1 aliphatic heterocycles. The van der Waals surface area contributed by atoms with Crippen LogP contribution in [0.3, 0.4) is 0 Å². The molecule has 1 fully saturated rings. The Bertz CT molecular complexity index is 689. The van der Waals surface area contributed by atoms with E-state index in [0.717, 1.165) is 58.7 Å². The first kappa shape index (κ1) is 45.2. The minimum absolute atomic E-state index is 0.00199. The molecule has 0 spiro atoms. The van der Waals surface area contributed by atoms with Crippen molar-refractivity contribution in [1.29, 1.82) is 0 Å². The van der Waals surface area contributed by atoms with Crippen molar-refractivity contribution in [3.63, 3.8) is 0 Å². The van der Waals surface area contributed by atoms with Gasteiger partial charge in [0.05, 0.1) is 35.1 Å². The molecule has 252 valence electrons. The third-order valence-corrected chi connectivity index (χ3v) is 5.91. The summed E-state index contributed by atoms with van der Waals surface area (Å²) in [5.41, 5.74) is -0.0240. The second kappa shape index (κ2) is 22.3. The molecule has 41 heavy (non-hydrogen) atoms. The first-order valence-corrected chi connectivity index (χ1v) is 17.7. The Morgan fingerprint density at radius 1 is 0.756 bits per heavy atom. The van der Waals surface area contributed by atoms with E-state index in [1.54, 1.807) is 6.26 Å². The normalized spacial score (nSPS) is 16.4. The molecule has 1 unspecified atom stereocenters. The van der Waals surface area contributed by atoms with E-state index < -0.39 is 9.52 Å². The fraction of sp³-hybridized carbons (Fsp3) is 0.970. The van der Waals surface area contributed by atoms with Gasteiger partial charge in [0.15, 0.2) is 0 Å². The summed E-state index contributed by atoms with van der Waals surface area (Å²) in [4.78, 5) is 2.12. The molecular formula is C33H73NO6S. The van der Waals surface area contributed by atoms with Crippen LogP contribution in [0.5, 0.6) is 0 Å². The lowest BCUT2D eigenvalue weighted by Crippen LogP contribution is -2.31. The Hall–Kier alpha value is -0.220. The zero-order valence-electron chi connectivity index (χ0n) is 30.4. The third-order valence-electron chi connectivity index (χ3n) is 4.76. The molecule has 0 radical (unpaired) electrons. The highest BCUT2D eigenvalue weighted by atomic mass is 32.2. The van der Waals surface area contributed by atoms with Gasteiger partial charge in [-0.15, -0.1) is 0 Å². The third kappa shape index (κ3) is 49.8. The van der Waals surface area contributed by atoms with E-state index in [2.05, 4.69) is 80.0 Å². The van der Waals surface area contributed by atoms with Gasteiger partial charge in [-0.25, -0.2) is 0 Å². The predicted molar refractivity (Wildman–Crippen MR) is 181 cm³/mol. The van der Waals surface area contributed by atoms with Crippen molar-refractivity contribution in [2.75, 3.05) is 65.7 Å². The first-order chi connectivity index (χ1) is 18.3. The maximum Gasteiger partial charge on any atom is 0.0626 e. The van der Waals surface area contributed by atoms with Crippen LogP contribution in [0.4, 0.5) is 0 Å². The Labute approximate surface area is 257 Å². The second-order valence-electron chi connectivity index (χ2n) is 15.0. The number of hydrogen-bond acceptors (Lipinski definition) is 7. The van der Waals surface area contributed by atoms with Crippen molar-refractivity contribution < 1.29 is 27.9 Å². The first-order valence-electron chi connectivity index (χ1n) is 15.4. The molecule has 0 saturated carbocycles. The molecule has 0 aromatic heterocycles. The number of nitrogens with zero attached hydrogens (tertiary/aromatic N) is 1. The van der Waals surface area contributed by atoms with Crippen molar-refractivity contribution in [3.8, 4) is 0 Å². The van der Waals surface area contributed by atoms with E-state index in [1.165, 1.54) is 0 Å². The molecule has 0 bridgehead atoms. The molecule has 8 heteroatoms. The quantitative estimate of drug-likeness (QED) is 0.193. The van der Waals surface area contributed by atoms with Crippen LogP contribution in [0.1, 0.15) is 116 Å². The summed E-state index contributed by atoms with van der Waals surface area (Å²) in [7, 11) is 2.27. The van der Waals surface area contributed by atoms with E-state index in [1.807, 2.05) is 34.9 Å². The SMILES string of the molecule is C=S(C)(=O)CCCOC(C)(C)C.CC(C)(C)OC1CCOCC1.CCCOC(C)(C)C.CN(C)CCOC(C)(C)C. The number of rotatable bonds is 10. The van der Waals surface area contributed by atoms with E-state index in [-0.39, 0.29) is 22.4 Å². The van der Waals surface area contributed by atoms with Gasteiger partial charge in [0.2, 0.25) is 0 Å². The summed E-state index contributed by atoms with van der Waals surface area (Å²) in [5, 5.41) is 0. The Morgan fingerprint density at radius 3 is 1.49 bits per heavy atom. The van der Waals surface area contributed by atoms with Crippen LogP contribution >= 0.6 is 0 Å². The monoisotopic (exact) mass is 612 g/mol. The highest BCUT2D eigenvalue weighted by Gasteiger charge is 2.20. The summed E-state index contributed by atoms with van der Waals surface area (Å²) >= 11 is 0. The van der Waals surface area contributed by atoms with Crippen LogP contribution in [0.25, 0.3) is 0 Å². The van der Waals surface area contributed by atoms with Crippen LogP contribution < -0.4 is 0 Å². The summed E-state index contributed by atoms with van der Waals surface area (Å²) < 4.78 is 38.5. The largest absolute Gasteiger partial charge is 0.381 e. The summed E-state index contributed by atoms with van der Waals surface area (Å²) in [6, 6.07) is 0. The zero-order chi connectivity index (χ0) is 33.0. The summed E-state index contributed by atoms with van der Waals surface area (Å²) in [5.74, 6) is 4.23. The highest BCUT2D eigenvalue weighted by molar-refractivity contribution is 7.99. The molecular weight excluding hydrogens is 538 g/mol. The smallest absolute Gasteiger partial charge is 0.0626 e. The lowest BCUT2D eigenvalue weighted by molar-refractivity contribution is -0.100. The van der Waals surface area contributed by atoms with Crippen molar-refractivity contribution in [3.05, 3.63) is 0 Å². The average molecular weight is 612 g/mol. The van der Waals surface area contributed by atoms with Gasteiger partial charge in [-0.1, -0.05) is 6.92 Å². The lowest BCUT2D eigenvalue weighted by Gasteiger charge is -2.30. The van der Waals surface area contributed by atoms with Gasteiger partial charge < -0.3 is 28.6 Å². The molecule has 1 rings (SSSR count). The van der Waals surface area contributed by atoms with Crippen molar-refractivity contribution in [1.82, 2.24) is 4.90 Å². The molecule has 0 aliphatic carbocycles. The van der Waals surface area contributed by atoms with Crippen LogP contribution in [-0.4, -0.2) is 109 Å². The van der Waals surface area contributed by atoms with Crippen LogP contribution in [0, 0.1) is 0 Å². The maximum absolute atomic E-state index is 11.1. The summed E-state index contributed by atoms with van der Waals surface area (Å²) in [6.45, 7) is 32.0. The Balaban J connectivity index is -0.000000474. The van der Waals surface area contributed by atoms with Gasteiger partial charge in [-0.2, -0.15) is 0 Å². The number of hydrogen-bond donors (Lipinski definition) is 0. The fourth-order valence-electron chi connectivity index (χ4n) is 2.98. The van der Waals surface area contributed by atoms with Crippen LogP contribution in [-0.2, 0) is 33.2 Å². The van der Waals surface area contributed by atoms with Crippen LogP contribution in [0.2, 0.25) is 0 Å². The number of likely N-dealkylation sites (N-methyl/N-ethyl adjacent to an activating group) is 1. The molecule has 1 heterocycles. The van der Waals surface area contributed by atoms with Crippen molar-refractivity contribution in [2.24, 2.45) is 0 Å². The second-order valence-corrected chi connectivity index (χ2v) is 17.7. The topological polar surface area (TPSA) is 66.5 Å². The van der Waals surface area contributed by atoms with Gasteiger partial charge in [0.1, 0.15) is 0 Å². The lowest BCUT2D eigenvalue weighted by atomic mass is 10.1. The predicted octanol–water partition coefficient (Wildman–Crippen LogP) is 7.09. The van der Waals surface area contributed by atoms with Gasteiger partial charge in [-0.05, 0) is 138 Å². The van der Waals surface area contributed by atoms with Crippen molar-refractivity contribution >= 4 is 15.4 Å². The zero-order valence-corrected chi connectivity index (χ0v) is 31.2. The molecule has 0 N–H and O–H groups in total. The van der Waals surface area contributed by atoms with Crippen LogP contribution in [0.15, 0.2) is 0 Å². The number of ether oxygens (including phenoxy) is 5. The minimum atomic E-state index is -1.82. The van der Waals surface area contributed by atoms with Gasteiger partial charge >= 0.3 is 0 Å². The van der Waals surface area contributed by atoms with E-state index >= 15 is 0 Å². The average Bonchev–Trinajstić information content (AvgIpc) is 2.73. The van der Waals surface area contributed by atoms with Gasteiger partial charge in [0, 0.05) is 45.0 Å². The van der Waals surface area contributed by atoms with Gasteiger partial charge in [-0.3, -0.25) is 4.21 Å². The Kier molecular flexibility index (Phi) is 24.6. The molecule has 1 saturated heterocycles. The Morgan fingerprint density at radius 2 is 1.17 bits per heavy atom. The highest BCUT2D eigenvalue weighted by Crippen LogP contribution is 2.18.